The quantitative estimate of drug-likeness (QED) is 0.323. The van der Waals surface area contributed by atoms with Crippen molar-refractivity contribution in [2.24, 2.45) is 5.73 Å². The average molecular weight is 195 g/mol. The van der Waals surface area contributed by atoms with E-state index < -0.39 is 0 Å². The monoisotopic (exact) mass is 195 g/mol. The van der Waals surface area contributed by atoms with Gasteiger partial charge >= 0.3 is 79.4 Å². The van der Waals surface area contributed by atoms with Crippen LogP contribution in [0.3, 0.4) is 0 Å². The Morgan fingerprint density at radius 2 is 2.27 bits per heavy atom. The van der Waals surface area contributed by atoms with E-state index in [1.165, 1.54) is 0 Å². The number of nitrogens with two attached hydrogens (primary N) is 1. The van der Waals surface area contributed by atoms with Crippen molar-refractivity contribution < 1.29 is 28.9 Å². The Balaban J connectivity index is 2.89. The second kappa shape index (κ2) is 8.65. The summed E-state index contributed by atoms with van der Waals surface area (Å²) < 4.78 is 10.1. The van der Waals surface area contributed by atoms with Crippen molar-refractivity contribution in [1.82, 2.24) is 5.32 Å². The molecule has 0 saturated heterocycles. The van der Waals surface area contributed by atoms with Crippen molar-refractivity contribution in [3.63, 3.8) is 0 Å². The maximum atomic E-state index is 5.27. The van der Waals surface area contributed by atoms with Gasteiger partial charge in [0, 0.05) is 0 Å². The maximum absolute atomic E-state index is 5.27. The molecule has 0 spiro atoms. The van der Waals surface area contributed by atoms with Crippen LogP contribution in [0.1, 0.15) is 6.92 Å². The molecule has 0 aliphatic carbocycles. The van der Waals surface area contributed by atoms with Crippen molar-refractivity contribution in [1.29, 1.82) is 0 Å². The molecule has 0 saturated carbocycles. The Labute approximate surface area is 79.7 Å². The van der Waals surface area contributed by atoms with Gasteiger partial charge in [-0.3, -0.25) is 0 Å². The molecule has 11 heavy (non-hydrogen) atoms. The first-order valence-electron chi connectivity index (χ1n) is 3.66. The minimum atomic E-state index is -0.116. The molecule has 1 atom stereocenters. The van der Waals surface area contributed by atoms with Gasteiger partial charge < -0.3 is 0 Å². The van der Waals surface area contributed by atoms with Gasteiger partial charge in [0.25, 0.3) is 0 Å². The number of rotatable bonds is 7. The summed E-state index contributed by atoms with van der Waals surface area (Å²) in [5, 5.41) is 3.11. The summed E-state index contributed by atoms with van der Waals surface area (Å²) in [6.07, 6.45) is -0.116. The van der Waals surface area contributed by atoms with E-state index in [2.05, 4.69) is 5.32 Å². The zero-order valence-corrected chi connectivity index (χ0v) is 8.36. The van der Waals surface area contributed by atoms with Crippen molar-refractivity contribution in [3.05, 3.63) is 0 Å². The molecule has 65 valence electrons. The molecule has 0 fully saturated rings. The molecule has 0 aliphatic rings. The van der Waals surface area contributed by atoms with Crippen LogP contribution in [0.4, 0.5) is 0 Å². The zero-order valence-electron chi connectivity index (χ0n) is 6.80. The van der Waals surface area contributed by atoms with Gasteiger partial charge in [0.15, 0.2) is 0 Å². The molecule has 0 rings (SSSR count). The summed E-state index contributed by atoms with van der Waals surface area (Å²) >= 11 is 1.62. The Morgan fingerprint density at radius 3 is 2.82 bits per heavy atom. The SMILES string of the molecule is CC([O][Ti])OCCNCCN. The molecule has 0 bridgehead atoms. The fraction of sp³-hybridized carbons (Fsp3) is 1.00. The van der Waals surface area contributed by atoms with Crippen LogP contribution in [0.5, 0.6) is 0 Å². The van der Waals surface area contributed by atoms with Gasteiger partial charge in [-0.2, -0.15) is 0 Å². The van der Waals surface area contributed by atoms with Gasteiger partial charge in [-0.05, 0) is 0 Å². The van der Waals surface area contributed by atoms with Gasteiger partial charge in [-0.25, -0.2) is 0 Å². The van der Waals surface area contributed by atoms with Crippen LogP contribution in [-0.4, -0.2) is 32.5 Å². The molecule has 0 aliphatic heterocycles. The van der Waals surface area contributed by atoms with E-state index in [0.29, 0.717) is 13.2 Å². The first kappa shape index (κ1) is 11.6. The van der Waals surface area contributed by atoms with Crippen LogP contribution in [-0.2, 0) is 28.9 Å². The molecule has 0 amide bonds. The first-order chi connectivity index (χ1) is 5.31. The molecule has 5 heteroatoms. The Bertz CT molecular complexity index is 85.0. The van der Waals surface area contributed by atoms with Crippen molar-refractivity contribution in [2.45, 2.75) is 13.2 Å². The van der Waals surface area contributed by atoms with E-state index in [4.69, 9.17) is 13.8 Å². The summed E-state index contributed by atoms with van der Waals surface area (Å²) in [6, 6.07) is 0. The summed E-state index contributed by atoms with van der Waals surface area (Å²) in [7, 11) is 0. The van der Waals surface area contributed by atoms with E-state index in [-0.39, 0.29) is 6.29 Å². The predicted octanol–water partition coefficient (Wildman–Crippen LogP) is -0.624. The molecule has 0 radical (unpaired) electrons. The third kappa shape index (κ3) is 8.46. The van der Waals surface area contributed by atoms with Crippen molar-refractivity contribution >= 4 is 0 Å². The van der Waals surface area contributed by atoms with Crippen molar-refractivity contribution in [3.8, 4) is 0 Å². The van der Waals surface area contributed by atoms with Gasteiger partial charge in [-0.15, -0.1) is 0 Å². The van der Waals surface area contributed by atoms with Crippen LogP contribution in [0.15, 0.2) is 0 Å². The van der Waals surface area contributed by atoms with Crippen LogP contribution >= 0.6 is 0 Å². The summed E-state index contributed by atoms with van der Waals surface area (Å²) in [5.74, 6) is 0. The molecular weight excluding hydrogens is 180 g/mol. The van der Waals surface area contributed by atoms with Gasteiger partial charge in [0.1, 0.15) is 0 Å². The predicted molar refractivity (Wildman–Crippen MR) is 38.4 cm³/mol. The standard InChI is InChI=1S/C6H15N2O2.Ti/c1-6(9)10-5-4-8-3-2-7;/h6,8H,2-5,7H2,1H3;/q-1;+1. The van der Waals surface area contributed by atoms with Crippen molar-refractivity contribution in [2.75, 3.05) is 26.2 Å². The van der Waals surface area contributed by atoms with E-state index in [1.54, 1.807) is 20.8 Å². The first-order valence-corrected chi connectivity index (χ1v) is 4.29. The zero-order chi connectivity index (χ0) is 8.53. The average Bonchev–Trinajstić information content (AvgIpc) is 2.04. The second-order valence-electron chi connectivity index (χ2n) is 2.09. The normalized spacial score (nSPS) is 13.2. The Morgan fingerprint density at radius 1 is 1.55 bits per heavy atom. The topological polar surface area (TPSA) is 56.5 Å². The van der Waals surface area contributed by atoms with Gasteiger partial charge in [0.05, 0.1) is 0 Å². The minimum absolute atomic E-state index is 0.116. The molecule has 1 unspecified atom stereocenters. The fourth-order valence-electron chi connectivity index (χ4n) is 0.558. The Hall–Kier alpha value is 0.554. The van der Waals surface area contributed by atoms with E-state index in [1.807, 2.05) is 6.92 Å². The molecule has 0 aromatic heterocycles. The molecule has 3 N–H and O–H groups in total. The number of hydrogen-bond acceptors (Lipinski definition) is 4. The molecule has 0 heterocycles. The summed E-state index contributed by atoms with van der Waals surface area (Å²) in [5.41, 5.74) is 5.27. The molecule has 0 aromatic carbocycles. The van der Waals surface area contributed by atoms with Gasteiger partial charge in [0.2, 0.25) is 0 Å². The second-order valence-corrected chi connectivity index (χ2v) is 2.46. The third-order valence-corrected chi connectivity index (χ3v) is 1.64. The fourth-order valence-corrected chi connectivity index (χ4v) is 0.664. The van der Waals surface area contributed by atoms with E-state index in [0.717, 1.165) is 13.1 Å². The van der Waals surface area contributed by atoms with E-state index in [9.17, 15) is 0 Å². The van der Waals surface area contributed by atoms with Gasteiger partial charge in [-0.1, -0.05) is 0 Å². The number of nitrogens with one attached hydrogen (secondary N) is 1. The van der Waals surface area contributed by atoms with E-state index >= 15 is 0 Å². The van der Waals surface area contributed by atoms with Crippen LogP contribution in [0, 0.1) is 0 Å². The summed E-state index contributed by atoms with van der Waals surface area (Å²) in [4.78, 5) is 0. The molecular formula is C6H15N2O2Ti. The third-order valence-electron chi connectivity index (χ3n) is 1.12. The van der Waals surface area contributed by atoms with Crippen LogP contribution < -0.4 is 11.1 Å². The Kier molecular flexibility index (Phi) is 9.08. The molecule has 4 nitrogen and oxygen atoms in total. The number of ether oxygens (including phenoxy) is 1. The van der Waals surface area contributed by atoms with Crippen LogP contribution in [0.2, 0.25) is 0 Å². The molecule has 0 aromatic rings. The van der Waals surface area contributed by atoms with Crippen LogP contribution in [0.25, 0.3) is 0 Å². The summed E-state index contributed by atoms with van der Waals surface area (Å²) in [6.45, 7) is 4.85. The number of hydrogen-bond donors (Lipinski definition) is 2.